The van der Waals surface area contributed by atoms with Crippen LogP contribution in [-0.4, -0.2) is 18.0 Å². The fourth-order valence-electron chi connectivity index (χ4n) is 1.77. The summed E-state index contributed by atoms with van der Waals surface area (Å²) in [6.45, 7) is 0. The first-order valence-electron chi connectivity index (χ1n) is 4.32. The predicted molar refractivity (Wildman–Crippen MR) is 41.9 cm³/mol. The zero-order valence-electron chi connectivity index (χ0n) is 6.55. The van der Waals surface area contributed by atoms with E-state index in [2.05, 4.69) is 5.32 Å². The Kier molecular flexibility index (Phi) is 1.60. The maximum absolute atomic E-state index is 11.0. The van der Waals surface area contributed by atoms with Crippen molar-refractivity contribution in [1.82, 2.24) is 5.32 Å². The highest BCUT2D eigenvalue weighted by Gasteiger charge is 2.38. The third kappa shape index (κ3) is 1.38. The fourth-order valence-corrected chi connectivity index (χ4v) is 1.77. The van der Waals surface area contributed by atoms with Crippen molar-refractivity contribution in [3.05, 3.63) is 0 Å². The van der Waals surface area contributed by atoms with Crippen molar-refractivity contribution in [3.63, 3.8) is 0 Å². The van der Waals surface area contributed by atoms with Gasteiger partial charge in [-0.2, -0.15) is 0 Å². The van der Waals surface area contributed by atoms with E-state index in [9.17, 15) is 4.79 Å². The zero-order chi connectivity index (χ0) is 7.84. The van der Waals surface area contributed by atoms with Crippen molar-refractivity contribution in [2.75, 3.05) is 0 Å². The Labute approximate surface area is 66.3 Å². The smallest absolute Gasteiger partial charge is 0.220 e. The van der Waals surface area contributed by atoms with E-state index < -0.39 is 0 Å². The molecule has 3 nitrogen and oxygen atoms in total. The van der Waals surface area contributed by atoms with Crippen LogP contribution >= 0.6 is 0 Å². The molecule has 0 aromatic carbocycles. The monoisotopic (exact) mass is 154 g/mol. The van der Waals surface area contributed by atoms with E-state index in [-0.39, 0.29) is 18.0 Å². The Morgan fingerprint density at radius 2 is 2.09 bits per heavy atom. The van der Waals surface area contributed by atoms with Crippen LogP contribution in [0.5, 0.6) is 0 Å². The molecule has 0 aromatic rings. The molecule has 0 radical (unpaired) electrons. The molecule has 0 bridgehead atoms. The molecular formula is C8H14N2O. The molecule has 0 spiro atoms. The van der Waals surface area contributed by atoms with Gasteiger partial charge < -0.3 is 11.1 Å². The Bertz CT molecular complexity index is 177. The minimum absolute atomic E-state index is 0.184. The van der Waals surface area contributed by atoms with Gasteiger partial charge in [-0.3, -0.25) is 4.79 Å². The van der Waals surface area contributed by atoms with Crippen LogP contribution in [0.3, 0.4) is 0 Å². The number of carbonyl (C=O) groups excluding carboxylic acids is 1. The molecule has 3 heteroatoms. The summed E-state index contributed by atoms with van der Waals surface area (Å²) in [6, 6.07) is 0.497. The van der Waals surface area contributed by atoms with Gasteiger partial charge in [-0.25, -0.2) is 0 Å². The SMILES string of the molecule is N[C@H]1CCC(=O)N[C@H]1C1CC1. The second kappa shape index (κ2) is 2.48. The van der Waals surface area contributed by atoms with Crippen LogP contribution in [-0.2, 0) is 4.79 Å². The Morgan fingerprint density at radius 1 is 1.36 bits per heavy atom. The van der Waals surface area contributed by atoms with Gasteiger partial charge in [-0.15, -0.1) is 0 Å². The van der Waals surface area contributed by atoms with E-state index in [0.29, 0.717) is 12.3 Å². The topological polar surface area (TPSA) is 55.1 Å². The molecule has 11 heavy (non-hydrogen) atoms. The molecule has 2 fully saturated rings. The van der Waals surface area contributed by atoms with Crippen LogP contribution in [0.2, 0.25) is 0 Å². The Hall–Kier alpha value is -0.570. The Balaban J connectivity index is 1.98. The van der Waals surface area contributed by atoms with Crippen molar-refractivity contribution in [3.8, 4) is 0 Å². The molecule has 62 valence electrons. The molecule has 0 aromatic heterocycles. The van der Waals surface area contributed by atoms with E-state index in [1.165, 1.54) is 12.8 Å². The van der Waals surface area contributed by atoms with Crippen LogP contribution < -0.4 is 11.1 Å². The average Bonchev–Trinajstić information content (AvgIpc) is 2.76. The number of nitrogens with one attached hydrogen (secondary N) is 1. The molecule has 0 unspecified atom stereocenters. The summed E-state index contributed by atoms with van der Waals surface area (Å²) in [5, 5.41) is 2.96. The van der Waals surface area contributed by atoms with Gasteiger partial charge in [0, 0.05) is 18.5 Å². The second-order valence-electron chi connectivity index (χ2n) is 3.63. The molecule has 1 amide bonds. The van der Waals surface area contributed by atoms with Gasteiger partial charge in [0.1, 0.15) is 0 Å². The van der Waals surface area contributed by atoms with Crippen molar-refractivity contribution < 1.29 is 4.79 Å². The number of hydrogen-bond donors (Lipinski definition) is 2. The summed E-state index contributed by atoms with van der Waals surface area (Å²) < 4.78 is 0. The molecule has 1 heterocycles. The van der Waals surface area contributed by atoms with E-state index in [1.54, 1.807) is 0 Å². The van der Waals surface area contributed by atoms with Crippen molar-refractivity contribution in [1.29, 1.82) is 0 Å². The van der Waals surface area contributed by atoms with E-state index in [4.69, 9.17) is 5.73 Å². The number of carbonyl (C=O) groups is 1. The van der Waals surface area contributed by atoms with Gasteiger partial charge in [0.2, 0.25) is 5.91 Å². The lowest BCUT2D eigenvalue weighted by Crippen LogP contribution is -2.53. The molecule has 2 aliphatic rings. The molecule has 1 saturated carbocycles. The van der Waals surface area contributed by atoms with E-state index in [0.717, 1.165) is 6.42 Å². The number of nitrogens with two attached hydrogens (primary N) is 1. The maximum atomic E-state index is 11.0. The first-order chi connectivity index (χ1) is 5.27. The lowest BCUT2D eigenvalue weighted by molar-refractivity contribution is -0.123. The summed E-state index contributed by atoms with van der Waals surface area (Å²) in [5.41, 5.74) is 5.87. The zero-order valence-corrected chi connectivity index (χ0v) is 6.55. The molecule has 1 saturated heterocycles. The van der Waals surface area contributed by atoms with E-state index in [1.807, 2.05) is 0 Å². The molecule has 1 aliphatic carbocycles. The minimum atomic E-state index is 0.184. The van der Waals surface area contributed by atoms with Gasteiger partial charge >= 0.3 is 0 Å². The number of rotatable bonds is 1. The number of piperidine rings is 1. The van der Waals surface area contributed by atoms with Crippen molar-refractivity contribution >= 4 is 5.91 Å². The van der Waals surface area contributed by atoms with Crippen LogP contribution in [0.1, 0.15) is 25.7 Å². The van der Waals surface area contributed by atoms with Gasteiger partial charge in [-0.1, -0.05) is 0 Å². The van der Waals surface area contributed by atoms with Crippen LogP contribution in [0.4, 0.5) is 0 Å². The summed E-state index contributed by atoms with van der Waals surface area (Å²) in [7, 11) is 0. The summed E-state index contributed by atoms with van der Waals surface area (Å²) in [6.07, 6.45) is 3.98. The molecule has 1 aliphatic heterocycles. The van der Waals surface area contributed by atoms with Gasteiger partial charge in [0.05, 0.1) is 0 Å². The van der Waals surface area contributed by atoms with Crippen LogP contribution in [0.15, 0.2) is 0 Å². The van der Waals surface area contributed by atoms with Crippen molar-refractivity contribution in [2.24, 2.45) is 11.7 Å². The fraction of sp³-hybridized carbons (Fsp3) is 0.875. The first kappa shape index (κ1) is 7.10. The van der Waals surface area contributed by atoms with Gasteiger partial charge in [0.15, 0.2) is 0 Å². The maximum Gasteiger partial charge on any atom is 0.220 e. The normalized spacial score (nSPS) is 38.5. The quantitative estimate of drug-likeness (QED) is 0.558. The minimum Gasteiger partial charge on any atom is -0.352 e. The van der Waals surface area contributed by atoms with Crippen LogP contribution in [0.25, 0.3) is 0 Å². The van der Waals surface area contributed by atoms with Gasteiger partial charge in [-0.05, 0) is 25.2 Å². The average molecular weight is 154 g/mol. The summed E-state index contributed by atoms with van der Waals surface area (Å²) >= 11 is 0. The first-order valence-corrected chi connectivity index (χ1v) is 4.32. The standard InChI is InChI=1S/C8H14N2O/c9-6-3-4-7(11)10-8(6)5-1-2-5/h5-6,8H,1-4,9H2,(H,10,11)/t6-,8-/m0/s1. The largest absolute Gasteiger partial charge is 0.352 e. The third-order valence-electron chi connectivity index (χ3n) is 2.62. The number of amides is 1. The summed E-state index contributed by atoms with van der Waals surface area (Å²) in [4.78, 5) is 11.0. The highest BCUT2D eigenvalue weighted by Crippen LogP contribution is 2.35. The Morgan fingerprint density at radius 3 is 2.73 bits per heavy atom. The highest BCUT2D eigenvalue weighted by molar-refractivity contribution is 5.77. The lowest BCUT2D eigenvalue weighted by atomic mass is 9.95. The molecular weight excluding hydrogens is 140 g/mol. The molecule has 3 N–H and O–H groups in total. The molecule has 2 rings (SSSR count). The number of hydrogen-bond acceptors (Lipinski definition) is 2. The third-order valence-corrected chi connectivity index (χ3v) is 2.62. The van der Waals surface area contributed by atoms with Crippen LogP contribution in [0, 0.1) is 5.92 Å². The summed E-state index contributed by atoms with van der Waals surface area (Å²) in [5.74, 6) is 0.873. The highest BCUT2D eigenvalue weighted by atomic mass is 16.1. The predicted octanol–water partition coefficient (Wildman–Crippen LogP) is 0.00230. The van der Waals surface area contributed by atoms with Crippen molar-refractivity contribution in [2.45, 2.75) is 37.8 Å². The lowest BCUT2D eigenvalue weighted by Gasteiger charge is -2.29. The molecule has 2 atom stereocenters. The van der Waals surface area contributed by atoms with Gasteiger partial charge in [0.25, 0.3) is 0 Å². The van der Waals surface area contributed by atoms with E-state index >= 15 is 0 Å². The second-order valence-corrected chi connectivity index (χ2v) is 3.63.